The van der Waals surface area contributed by atoms with E-state index in [1.807, 2.05) is 0 Å². The third kappa shape index (κ3) is 9.08. The Labute approximate surface area is 92.1 Å². The van der Waals surface area contributed by atoms with Crippen LogP contribution in [0.25, 0.3) is 0 Å². The third-order valence-corrected chi connectivity index (χ3v) is 1.06. The van der Waals surface area contributed by atoms with Crippen LogP contribution in [0.15, 0.2) is 0 Å². The van der Waals surface area contributed by atoms with Gasteiger partial charge in [0.15, 0.2) is 0 Å². The summed E-state index contributed by atoms with van der Waals surface area (Å²) in [5.41, 5.74) is 0. The molecule has 79 valence electrons. The van der Waals surface area contributed by atoms with Gasteiger partial charge in [0, 0.05) is 19.6 Å². The predicted octanol–water partition coefficient (Wildman–Crippen LogP) is -5.46. The summed E-state index contributed by atoms with van der Waals surface area (Å²) in [4.78, 5) is 30.6. The molecule has 0 aliphatic carbocycles. The molecular weight excluding hydrogens is 283 g/mol. The van der Waals surface area contributed by atoms with Gasteiger partial charge in [0.2, 0.25) is 0 Å². The molecule has 0 saturated heterocycles. The van der Waals surface area contributed by atoms with Crippen LogP contribution < -0.4 is 15.3 Å². The van der Waals surface area contributed by atoms with Crippen LogP contribution in [0.5, 0.6) is 0 Å². The van der Waals surface area contributed by atoms with Crippen molar-refractivity contribution < 1.29 is 49.2 Å². The van der Waals surface area contributed by atoms with Gasteiger partial charge in [-0.05, 0) is 0 Å². The van der Waals surface area contributed by atoms with E-state index in [1.165, 1.54) is 0 Å². The molecule has 0 heterocycles. The molecule has 0 aromatic rings. The van der Waals surface area contributed by atoms with Crippen LogP contribution in [-0.2, 0) is 33.9 Å². The van der Waals surface area contributed by atoms with Crippen molar-refractivity contribution in [1.29, 1.82) is 0 Å². The first-order valence-electron chi connectivity index (χ1n) is 3.23. The molecule has 0 aromatic heterocycles. The van der Waals surface area contributed by atoms with Crippen molar-refractivity contribution in [2.24, 2.45) is 0 Å². The molecule has 0 spiro atoms. The summed E-state index contributed by atoms with van der Waals surface area (Å²) in [7, 11) is 0. The van der Waals surface area contributed by atoms with Gasteiger partial charge >= 0.3 is 19.5 Å². The van der Waals surface area contributed by atoms with Gasteiger partial charge in [-0.1, -0.05) is 0 Å². The van der Waals surface area contributed by atoms with E-state index < -0.39 is 37.5 Å². The molecule has 0 bridgehead atoms. The number of hydrogen-bond donors (Lipinski definition) is 0. The first-order valence-corrected chi connectivity index (χ1v) is 3.23. The van der Waals surface area contributed by atoms with Gasteiger partial charge in [0.25, 0.3) is 0 Å². The Hall–Kier alpha value is -1.01. The van der Waals surface area contributed by atoms with Crippen LogP contribution in [0.2, 0.25) is 0 Å². The van der Waals surface area contributed by atoms with Gasteiger partial charge in [-0.2, -0.15) is 0 Å². The Bertz CT molecular complexity index is 192. The quantitative estimate of drug-likeness (QED) is 0.447. The number of hydrogen-bond acceptors (Lipinski definition) is 7. The van der Waals surface area contributed by atoms with Crippen LogP contribution in [0, 0.1) is 0 Å². The zero-order valence-electron chi connectivity index (χ0n) is 6.87. The Morgan fingerprint density at radius 2 is 1.00 bits per heavy atom. The Morgan fingerprint density at radius 3 is 1.14 bits per heavy atom. The standard InChI is InChI=1S/C6H9NO6.Ru/c8-4(9)1-7(2-5(10)11)3-6(12)13;/h1-3H2,(H,8,9)(H,10,11)(H,12,13);/q;+3/p-3. The number of carbonyl (C=O) groups excluding carboxylic acids is 3. The molecule has 0 N–H and O–H groups in total. The zero-order chi connectivity index (χ0) is 10.4. The fourth-order valence-corrected chi connectivity index (χ4v) is 0.715. The van der Waals surface area contributed by atoms with E-state index in [4.69, 9.17) is 0 Å². The number of nitrogens with zero attached hydrogens (tertiary/aromatic N) is 1. The largest absolute Gasteiger partial charge is 3.00 e. The maximum atomic E-state index is 9.99. The van der Waals surface area contributed by atoms with E-state index in [1.54, 1.807) is 0 Å². The number of carboxylic acids is 3. The van der Waals surface area contributed by atoms with Crippen LogP contribution in [0.4, 0.5) is 0 Å². The fourth-order valence-electron chi connectivity index (χ4n) is 0.715. The molecule has 1 radical (unpaired) electrons. The third-order valence-electron chi connectivity index (χ3n) is 1.06. The van der Waals surface area contributed by atoms with Gasteiger partial charge in [-0.15, -0.1) is 0 Å². The predicted molar refractivity (Wildman–Crippen MR) is 31.5 cm³/mol. The minimum absolute atomic E-state index is 0. The van der Waals surface area contributed by atoms with Crippen LogP contribution in [0.3, 0.4) is 0 Å². The summed E-state index contributed by atoms with van der Waals surface area (Å²) in [6.45, 7) is -2.37. The molecule has 0 aliphatic rings. The molecule has 0 aliphatic heterocycles. The number of aliphatic carboxylic acids is 3. The second-order valence-corrected chi connectivity index (χ2v) is 2.26. The molecule has 0 amide bonds. The van der Waals surface area contributed by atoms with Crippen molar-refractivity contribution in [2.45, 2.75) is 0 Å². The van der Waals surface area contributed by atoms with Gasteiger partial charge in [-0.25, -0.2) is 0 Å². The molecule has 0 atom stereocenters. The molecular formula is C6H6NO6Ru. The Morgan fingerprint density at radius 1 is 0.786 bits per heavy atom. The molecule has 0 aromatic carbocycles. The van der Waals surface area contributed by atoms with Gasteiger partial charge in [0.1, 0.15) is 0 Å². The summed E-state index contributed by atoms with van der Waals surface area (Å²) < 4.78 is 0. The van der Waals surface area contributed by atoms with E-state index >= 15 is 0 Å². The summed E-state index contributed by atoms with van der Waals surface area (Å²) >= 11 is 0. The number of carboxylic acid groups (broad SMARTS) is 3. The maximum Gasteiger partial charge on any atom is 3.00 e. The van der Waals surface area contributed by atoms with E-state index in [9.17, 15) is 29.7 Å². The van der Waals surface area contributed by atoms with Crippen molar-refractivity contribution in [3.05, 3.63) is 0 Å². The molecule has 0 unspecified atom stereocenters. The van der Waals surface area contributed by atoms with Crippen molar-refractivity contribution in [1.82, 2.24) is 4.90 Å². The Balaban J connectivity index is 0. The summed E-state index contributed by atoms with van der Waals surface area (Å²) in [5, 5.41) is 30.0. The van der Waals surface area contributed by atoms with Crippen molar-refractivity contribution in [3.8, 4) is 0 Å². The SMILES string of the molecule is O=C([O-])CN(CC(=O)[O-])CC(=O)[O-].[Ru+3]. The topological polar surface area (TPSA) is 124 Å². The summed E-state index contributed by atoms with van der Waals surface area (Å²) in [5.74, 6) is -4.70. The van der Waals surface area contributed by atoms with Crippen LogP contribution >= 0.6 is 0 Å². The Kier molecular flexibility index (Phi) is 8.18. The second kappa shape index (κ2) is 7.40. The van der Waals surface area contributed by atoms with E-state index in [-0.39, 0.29) is 19.5 Å². The summed E-state index contributed by atoms with van der Waals surface area (Å²) in [6.07, 6.45) is 0. The zero-order valence-corrected chi connectivity index (χ0v) is 8.61. The van der Waals surface area contributed by atoms with Crippen LogP contribution in [0.1, 0.15) is 0 Å². The minimum atomic E-state index is -1.57. The maximum absolute atomic E-state index is 9.99. The first-order chi connectivity index (χ1) is 5.91. The smallest absolute Gasteiger partial charge is 0.549 e. The molecule has 8 heteroatoms. The van der Waals surface area contributed by atoms with E-state index in [0.717, 1.165) is 0 Å². The first kappa shape index (κ1) is 15.5. The number of carbonyl (C=O) groups is 3. The van der Waals surface area contributed by atoms with Crippen LogP contribution in [-0.4, -0.2) is 42.4 Å². The van der Waals surface area contributed by atoms with Crippen molar-refractivity contribution in [2.75, 3.05) is 19.6 Å². The minimum Gasteiger partial charge on any atom is -0.549 e. The monoisotopic (exact) mass is 290 g/mol. The average Bonchev–Trinajstić information content (AvgIpc) is 1.80. The van der Waals surface area contributed by atoms with Crippen molar-refractivity contribution in [3.63, 3.8) is 0 Å². The molecule has 14 heavy (non-hydrogen) atoms. The molecule has 0 saturated carbocycles. The van der Waals surface area contributed by atoms with E-state index in [0.29, 0.717) is 4.90 Å². The normalized spacial score (nSPS) is 9.21. The fraction of sp³-hybridized carbons (Fsp3) is 0.500. The van der Waals surface area contributed by atoms with Gasteiger partial charge in [-0.3, -0.25) is 4.90 Å². The number of rotatable bonds is 6. The van der Waals surface area contributed by atoms with E-state index in [2.05, 4.69) is 0 Å². The summed E-state index contributed by atoms with van der Waals surface area (Å²) in [6, 6.07) is 0. The molecule has 0 fully saturated rings. The van der Waals surface area contributed by atoms with Crippen molar-refractivity contribution >= 4 is 17.9 Å². The van der Waals surface area contributed by atoms with Gasteiger partial charge < -0.3 is 29.7 Å². The average molecular weight is 289 g/mol. The molecule has 7 nitrogen and oxygen atoms in total. The second-order valence-electron chi connectivity index (χ2n) is 2.26. The van der Waals surface area contributed by atoms with Gasteiger partial charge in [0.05, 0.1) is 17.9 Å². The molecule has 0 rings (SSSR count).